The highest BCUT2D eigenvalue weighted by Gasteiger charge is 2.20. The Morgan fingerprint density at radius 2 is 2.32 bits per heavy atom. The molecule has 2 rings (SSSR count). The molecule has 1 saturated heterocycles. The highest BCUT2D eigenvalue weighted by molar-refractivity contribution is 6.30. The minimum Gasteiger partial charge on any atom is -0.376 e. The van der Waals surface area contributed by atoms with Crippen LogP contribution >= 0.6 is 11.6 Å². The van der Waals surface area contributed by atoms with E-state index in [2.05, 4.69) is 10.6 Å². The number of aryl methyl sites for hydroxylation is 1. The average molecular weight is 282 g/mol. The fourth-order valence-corrected chi connectivity index (χ4v) is 2.19. The van der Waals surface area contributed by atoms with E-state index in [1.165, 1.54) is 0 Å². The predicted molar refractivity (Wildman–Crippen MR) is 74.3 cm³/mol. The predicted octanol–water partition coefficient (Wildman–Crippen LogP) is 1.02. The van der Waals surface area contributed by atoms with Crippen LogP contribution in [-0.2, 0) is 9.59 Å². The van der Waals surface area contributed by atoms with Crippen LogP contribution in [0.15, 0.2) is 18.2 Å². The summed E-state index contributed by atoms with van der Waals surface area (Å²) in [6.45, 7) is 3.32. The monoisotopic (exact) mass is 281 g/mol. The van der Waals surface area contributed by atoms with Crippen molar-refractivity contribution in [3.63, 3.8) is 0 Å². The quantitative estimate of drug-likeness (QED) is 0.870. The van der Waals surface area contributed by atoms with Crippen molar-refractivity contribution in [2.45, 2.75) is 6.92 Å². The molecule has 19 heavy (non-hydrogen) atoms. The minimum atomic E-state index is -0.109. The molecule has 1 aromatic carbocycles. The maximum Gasteiger partial charge on any atom is 0.242 e. The van der Waals surface area contributed by atoms with E-state index in [4.69, 9.17) is 11.6 Å². The summed E-state index contributed by atoms with van der Waals surface area (Å²) in [4.78, 5) is 24.7. The number of carbonyl (C=O) groups is 2. The van der Waals surface area contributed by atoms with Crippen LogP contribution in [0.25, 0.3) is 0 Å². The molecular weight excluding hydrogens is 266 g/mol. The fraction of sp³-hybridized carbons (Fsp3) is 0.385. The molecule has 0 unspecified atom stereocenters. The van der Waals surface area contributed by atoms with Gasteiger partial charge in [-0.1, -0.05) is 11.6 Å². The lowest BCUT2D eigenvalue weighted by Crippen LogP contribution is -2.51. The second kappa shape index (κ2) is 5.93. The number of amides is 2. The van der Waals surface area contributed by atoms with Gasteiger partial charge < -0.3 is 15.5 Å². The third-order valence-electron chi connectivity index (χ3n) is 3.01. The van der Waals surface area contributed by atoms with Gasteiger partial charge >= 0.3 is 0 Å². The summed E-state index contributed by atoms with van der Waals surface area (Å²) in [5.41, 5.74) is 1.86. The molecule has 0 radical (unpaired) electrons. The Hall–Kier alpha value is -1.75. The molecule has 1 aliphatic heterocycles. The smallest absolute Gasteiger partial charge is 0.242 e. The standard InChI is InChI=1S/C13H16ClN3O2/c1-9-6-10(14)2-3-11(9)16-7-13(19)17-5-4-15-12(18)8-17/h2-3,6,16H,4-5,7-8H2,1H3,(H,15,18). The van der Waals surface area contributed by atoms with E-state index in [9.17, 15) is 9.59 Å². The Labute approximate surface area is 116 Å². The molecule has 2 N–H and O–H groups in total. The second-order valence-corrected chi connectivity index (χ2v) is 4.91. The van der Waals surface area contributed by atoms with Crippen LogP contribution in [0.3, 0.4) is 0 Å². The van der Waals surface area contributed by atoms with Crippen LogP contribution in [0.4, 0.5) is 5.69 Å². The van der Waals surface area contributed by atoms with Gasteiger partial charge in [0.2, 0.25) is 11.8 Å². The Kier molecular flexibility index (Phi) is 4.27. The van der Waals surface area contributed by atoms with E-state index < -0.39 is 0 Å². The lowest BCUT2D eigenvalue weighted by molar-refractivity contribution is -0.136. The van der Waals surface area contributed by atoms with Gasteiger partial charge in [0.05, 0.1) is 13.1 Å². The maximum absolute atomic E-state index is 12.0. The van der Waals surface area contributed by atoms with Crippen molar-refractivity contribution in [1.82, 2.24) is 10.2 Å². The number of piperazine rings is 1. The molecule has 1 fully saturated rings. The Morgan fingerprint density at radius 1 is 1.53 bits per heavy atom. The zero-order valence-electron chi connectivity index (χ0n) is 10.7. The molecule has 1 heterocycles. The van der Waals surface area contributed by atoms with Gasteiger partial charge in [0.25, 0.3) is 0 Å². The van der Waals surface area contributed by atoms with Crippen LogP contribution in [-0.4, -0.2) is 42.9 Å². The number of halogens is 1. The SMILES string of the molecule is Cc1cc(Cl)ccc1NCC(=O)N1CCNC(=O)C1. The number of nitrogens with zero attached hydrogens (tertiary/aromatic N) is 1. The summed E-state index contributed by atoms with van der Waals surface area (Å²) in [6.07, 6.45) is 0. The van der Waals surface area contributed by atoms with Gasteiger partial charge in [-0.15, -0.1) is 0 Å². The van der Waals surface area contributed by atoms with Crippen molar-refractivity contribution in [3.8, 4) is 0 Å². The Bertz CT molecular complexity index is 505. The molecule has 0 aliphatic carbocycles. The molecule has 1 aliphatic rings. The number of rotatable bonds is 3. The molecule has 2 amide bonds. The van der Waals surface area contributed by atoms with Crippen molar-refractivity contribution >= 4 is 29.1 Å². The van der Waals surface area contributed by atoms with Crippen molar-refractivity contribution in [3.05, 3.63) is 28.8 Å². The van der Waals surface area contributed by atoms with Gasteiger partial charge in [0, 0.05) is 23.8 Å². The number of carbonyl (C=O) groups excluding carboxylic acids is 2. The lowest BCUT2D eigenvalue weighted by atomic mass is 10.2. The normalized spacial score (nSPS) is 15.1. The highest BCUT2D eigenvalue weighted by atomic mass is 35.5. The summed E-state index contributed by atoms with van der Waals surface area (Å²) in [7, 11) is 0. The largest absolute Gasteiger partial charge is 0.376 e. The molecule has 0 atom stereocenters. The molecule has 5 nitrogen and oxygen atoms in total. The molecule has 6 heteroatoms. The summed E-state index contributed by atoms with van der Waals surface area (Å²) >= 11 is 5.87. The number of benzene rings is 1. The van der Waals surface area contributed by atoms with E-state index in [1.807, 2.05) is 19.1 Å². The van der Waals surface area contributed by atoms with Crippen molar-refractivity contribution in [2.75, 3.05) is 31.5 Å². The molecule has 1 aromatic rings. The first-order valence-corrected chi connectivity index (χ1v) is 6.48. The van der Waals surface area contributed by atoms with E-state index in [0.717, 1.165) is 11.3 Å². The van der Waals surface area contributed by atoms with Crippen molar-refractivity contribution in [1.29, 1.82) is 0 Å². The van der Waals surface area contributed by atoms with Crippen molar-refractivity contribution in [2.24, 2.45) is 0 Å². The average Bonchev–Trinajstić information content (AvgIpc) is 2.37. The van der Waals surface area contributed by atoms with Gasteiger partial charge in [-0.2, -0.15) is 0 Å². The summed E-state index contributed by atoms with van der Waals surface area (Å²) in [6, 6.07) is 5.45. The van der Waals surface area contributed by atoms with Gasteiger partial charge in [0.15, 0.2) is 0 Å². The van der Waals surface area contributed by atoms with E-state index >= 15 is 0 Å². The van der Waals surface area contributed by atoms with Crippen molar-refractivity contribution < 1.29 is 9.59 Å². The van der Waals surface area contributed by atoms with Crippen LogP contribution in [0.5, 0.6) is 0 Å². The zero-order valence-corrected chi connectivity index (χ0v) is 11.5. The Morgan fingerprint density at radius 3 is 3.00 bits per heavy atom. The lowest BCUT2D eigenvalue weighted by Gasteiger charge is -2.27. The molecule has 0 bridgehead atoms. The molecule has 102 valence electrons. The van der Waals surface area contributed by atoms with Gasteiger partial charge in [-0.3, -0.25) is 9.59 Å². The van der Waals surface area contributed by atoms with E-state index in [1.54, 1.807) is 11.0 Å². The van der Waals surface area contributed by atoms with E-state index in [-0.39, 0.29) is 24.9 Å². The third kappa shape index (κ3) is 3.61. The maximum atomic E-state index is 12.0. The highest BCUT2D eigenvalue weighted by Crippen LogP contribution is 2.19. The van der Waals surface area contributed by atoms with Crippen LogP contribution in [0.2, 0.25) is 5.02 Å². The molecular formula is C13H16ClN3O2. The van der Waals surface area contributed by atoms with Gasteiger partial charge in [-0.25, -0.2) is 0 Å². The fourth-order valence-electron chi connectivity index (χ4n) is 1.96. The number of nitrogens with one attached hydrogen (secondary N) is 2. The second-order valence-electron chi connectivity index (χ2n) is 4.48. The van der Waals surface area contributed by atoms with Gasteiger partial charge in [0.1, 0.15) is 0 Å². The van der Waals surface area contributed by atoms with Crippen LogP contribution < -0.4 is 10.6 Å². The van der Waals surface area contributed by atoms with Crippen LogP contribution in [0, 0.1) is 6.92 Å². The topological polar surface area (TPSA) is 61.4 Å². The Balaban J connectivity index is 1.91. The first-order valence-electron chi connectivity index (χ1n) is 6.11. The third-order valence-corrected chi connectivity index (χ3v) is 3.24. The number of hydrogen-bond donors (Lipinski definition) is 2. The first kappa shape index (κ1) is 13.7. The molecule has 0 spiro atoms. The summed E-state index contributed by atoms with van der Waals surface area (Å²) < 4.78 is 0. The summed E-state index contributed by atoms with van der Waals surface area (Å²) in [5, 5.41) is 6.43. The first-order chi connectivity index (χ1) is 9.06. The molecule has 0 aromatic heterocycles. The minimum absolute atomic E-state index is 0.0794. The summed E-state index contributed by atoms with van der Waals surface area (Å²) in [5.74, 6) is -0.188. The van der Waals surface area contributed by atoms with E-state index in [0.29, 0.717) is 18.1 Å². The van der Waals surface area contributed by atoms with Gasteiger partial charge in [-0.05, 0) is 30.7 Å². The zero-order chi connectivity index (χ0) is 13.8. The number of hydrogen-bond acceptors (Lipinski definition) is 3. The van der Waals surface area contributed by atoms with Crippen LogP contribution in [0.1, 0.15) is 5.56 Å². The number of anilines is 1. The molecule has 0 saturated carbocycles.